The highest BCUT2D eigenvalue weighted by molar-refractivity contribution is 6.45. The van der Waals surface area contributed by atoms with Crippen LogP contribution in [0.5, 0.6) is 5.75 Å². The lowest BCUT2D eigenvalue weighted by Crippen LogP contribution is -2.29. The first-order valence-corrected chi connectivity index (χ1v) is 9.01. The van der Waals surface area contributed by atoms with Crippen molar-refractivity contribution in [2.75, 3.05) is 14.2 Å². The quantitative estimate of drug-likeness (QED) is 0.497. The maximum Gasteiger partial charge on any atom is 0.387 e. The van der Waals surface area contributed by atoms with Crippen LogP contribution in [0, 0.1) is 6.92 Å². The number of hydrogen-bond donors (Lipinski definition) is 1. The molecule has 0 heterocycles. The van der Waals surface area contributed by atoms with E-state index in [1.54, 1.807) is 31.2 Å². The molecule has 0 aliphatic rings. The van der Waals surface area contributed by atoms with Gasteiger partial charge in [0.1, 0.15) is 19.5 Å². The van der Waals surface area contributed by atoms with Crippen molar-refractivity contribution in [2.24, 2.45) is 10.3 Å². The number of hydrogen-bond acceptors (Lipinski definition) is 6. The summed E-state index contributed by atoms with van der Waals surface area (Å²) in [5, 5.41) is 10.4. The second-order valence-electron chi connectivity index (χ2n) is 6.16. The standard InChI is InChI=1S/C21H23F2N3O4/c1-13-7-5-10-17(19(26-28-4)20(27)24-3)18(13)12-29-25-14(2)15-8-6-9-16(11-15)30-21(22)23/h5-11,21H,12H2,1-4H3,(H,24,27)/b25-14+,26-19+. The summed E-state index contributed by atoms with van der Waals surface area (Å²) < 4.78 is 29.2. The third kappa shape index (κ3) is 6.00. The molecule has 0 saturated heterocycles. The highest BCUT2D eigenvalue weighted by Gasteiger charge is 2.19. The molecule has 1 N–H and O–H groups in total. The van der Waals surface area contributed by atoms with Gasteiger partial charge in [0.05, 0.1) is 5.71 Å². The normalized spacial score (nSPS) is 12.0. The summed E-state index contributed by atoms with van der Waals surface area (Å²) >= 11 is 0. The van der Waals surface area contributed by atoms with E-state index in [1.807, 2.05) is 13.0 Å². The summed E-state index contributed by atoms with van der Waals surface area (Å²) in [7, 11) is 2.85. The van der Waals surface area contributed by atoms with Gasteiger partial charge in [-0.05, 0) is 31.5 Å². The molecule has 1 amide bonds. The fourth-order valence-corrected chi connectivity index (χ4v) is 2.68. The summed E-state index contributed by atoms with van der Waals surface area (Å²) in [6.07, 6.45) is 0. The third-order valence-electron chi connectivity index (χ3n) is 4.18. The number of oxime groups is 2. The Bertz CT molecular complexity index is 946. The number of ether oxygens (including phenoxy) is 1. The summed E-state index contributed by atoms with van der Waals surface area (Å²) in [6.45, 7) is 0.712. The molecule has 0 bridgehead atoms. The van der Waals surface area contributed by atoms with Gasteiger partial charge in [-0.1, -0.05) is 40.6 Å². The van der Waals surface area contributed by atoms with Crippen LogP contribution >= 0.6 is 0 Å². The fraction of sp³-hybridized carbons (Fsp3) is 0.286. The number of nitrogens with one attached hydrogen (secondary N) is 1. The van der Waals surface area contributed by atoms with E-state index in [-0.39, 0.29) is 18.1 Å². The number of amides is 1. The van der Waals surface area contributed by atoms with Gasteiger partial charge < -0.3 is 19.7 Å². The molecule has 30 heavy (non-hydrogen) atoms. The van der Waals surface area contributed by atoms with Crippen LogP contribution in [0.1, 0.15) is 29.2 Å². The molecular weight excluding hydrogens is 396 g/mol. The van der Waals surface area contributed by atoms with Crippen molar-refractivity contribution in [1.82, 2.24) is 5.32 Å². The van der Waals surface area contributed by atoms with Crippen molar-refractivity contribution >= 4 is 17.3 Å². The first kappa shape index (κ1) is 22.8. The highest BCUT2D eigenvalue weighted by Crippen LogP contribution is 2.19. The van der Waals surface area contributed by atoms with Gasteiger partial charge in [-0.2, -0.15) is 8.78 Å². The summed E-state index contributed by atoms with van der Waals surface area (Å²) in [6, 6.07) is 11.6. The maximum absolute atomic E-state index is 12.4. The Morgan fingerprint density at radius 3 is 2.57 bits per heavy atom. The van der Waals surface area contributed by atoms with Gasteiger partial charge in [-0.3, -0.25) is 4.79 Å². The van der Waals surface area contributed by atoms with E-state index in [9.17, 15) is 13.6 Å². The molecule has 0 radical (unpaired) electrons. The highest BCUT2D eigenvalue weighted by atomic mass is 19.3. The number of aryl methyl sites for hydroxylation is 1. The van der Waals surface area contributed by atoms with Crippen molar-refractivity contribution in [3.05, 3.63) is 64.7 Å². The van der Waals surface area contributed by atoms with Crippen molar-refractivity contribution < 1.29 is 28.0 Å². The van der Waals surface area contributed by atoms with Crippen LogP contribution in [0.15, 0.2) is 52.8 Å². The maximum atomic E-state index is 12.4. The first-order valence-electron chi connectivity index (χ1n) is 9.01. The molecule has 0 aliphatic heterocycles. The molecule has 0 saturated carbocycles. The molecule has 9 heteroatoms. The van der Waals surface area contributed by atoms with Crippen molar-refractivity contribution in [3.63, 3.8) is 0 Å². The lowest BCUT2D eigenvalue weighted by molar-refractivity contribution is -0.114. The van der Waals surface area contributed by atoms with Gasteiger partial charge in [0, 0.05) is 23.7 Å². The first-order chi connectivity index (χ1) is 14.4. The minimum Gasteiger partial charge on any atom is -0.435 e. The lowest BCUT2D eigenvalue weighted by Gasteiger charge is -2.13. The fourth-order valence-electron chi connectivity index (χ4n) is 2.68. The largest absolute Gasteiger partial charge is 0.435 e. The Hall–Kier alpha value is -3.49. The topological polar surface area (TPSA) is 81.5 Å². The van der Waals surface area contributed by atoms with Gasteiger partial charge in [0.25, 0.3) is 5.91 Å². The number of rotatable bonds is 9. The van der Waals surface area contributed by atoms with E-state index in [1.165, 1.54) is 26.3 Å². The van der Waals surface area contributed by atoms with Crippen LogP contribution in [0.4, 0.5) is 8.78 Å². The molecule has 0 aliphatic carbocycles. The number of halogens is 2. The van der Waals surface area contributed by atoms with E-state index >= 15 is 0 Å². The second-order valence-corrected chi connectivity index (χ2v) is 6.16. The predicted molar refractivity (Wildman–Crippen MR) is 109 cm³/mol. The number of benzene rings is 2. The predicted octanol–water partition coefficient (Wildman–Crippen LogP) is 3.63. The van der Waals surface area contributed by atoms with Crippen LogP contribution < -0.4 is 10.1 Å². The Morgan fingerprint density at radius 1 is 1.17 bits per heavy atom. The minimum absolute atomic E-state index is 0.0317. The lowest BCUT2D eigenvalue weighted by atomic mass is 9.98. The van der Waals surface area contributed by atoms with Crippen molar-refractivity contribution in [1.29, 1.82) is 0 Å². The molecule has 0 fully saturated rings. The molecule has 2 aromatic rings. The SMILES string of the molecule is CNC(=O)/C(=N/OC)c1cccc(C)c1CO/N=C(\C)c1cccc(OC(F)F)c1. The zero-order valence-corrected chi connectivity index (χ0v) is 17.1. The van der Waals surface area contributed by atoms with Crippen LogP contribution in [-0.2, 0) is 21.1 Å². The van der Waals surface area contributed by atoms with E-state index in [0.29, 0.717) is 22.4 Å². The average Bonchev–Trinajstić information content (AvgIpc) is 2.72. The van der Waals surface area contributed by atoms with Gasteiger partial charge in [-0.25, -0.2) is 0 Å². The summed E-state index contributed by atoms with van der Waals surface area (Å²) in [5.74, 6) is -0.372. The minimum atomic E-state index is -2.91. The zero-order valence-electron chi connectivity index (χ0n) is 17.1. The van der Waals surface area contributed by atoms with Gasteiger partial charge in [0.2, 0.25) is 0 Å². The summed E-state index contributed by atoms with van der Waals surface area (Å²) in [5.41, 5.74) is 3.30. The third-order valence-corrected chi connectivity index (χ3v) is 4.18. The number of alkyl halides is 2. The molecule has 0 unspecified atom stereocenters. The Kier molecular flexibility index (Phi) is 8.28. The Labute approximate surface area is 173 Å². The summed E-state index contributed by atoms with van der Waals surface area (Å²) in [4.78, 5) is 22.5. The molecule has 2 rings (SSSR count). The van der Waals surface area contributed by atoms with Gasteiger partial charge >= 0.3 is 6.61 Å². The number of likely N-dealkylation sites (N-methyl/N-ethyl adjacent to an activating group) is 1. The van der Waals surface area contributed by atoms with Gasteiger partial charge in [0.15, 0.2) is 5.71 Å². The Balaban J connectivity index is 2.24. The van der Waals surface area contributed by atoms with Crippen LogP contribution in [0.2, 0.25) is 0 Å². The number of nitrogens with zero attached hydrogens (tertiary/aromatic N) is 2. The van der Waals surface area contributed by atoms with E-state index in [0.717, 1.165) is 5.56 Å². The van der Waals surface area contributed by atoms with E-state index in [2.05, 4.69) is 20.4 Å². The number of carbonyl (C=O) groups is 1. The van der Waals surface area contributed by atoms with Crippen LogP contribution in [-0.4, -0.2) is 38.1 Å². The van der Waals surface area contributed by atoms with Crippen LogP contribution in [0.25, 0.3) is 0 Å². The molecule has 2 aromatic carbocycles. The molecule has 160 valence electrons. The number of carbonyl (C=O) groups excluding carboxylic acids is 1. The van der Waals surface area contributed by atoms with E-state index in [4.69, 9.17) is 9.68 Å². The zero-order chi connectivity index (χ0) is 22.1. The van der Waals surface area contributed by atoms with Crippen molar-refractivity contribution in [2.45, 2.75) is 27.1 Å². The van der Waals surface area contributed by atoms with E-state index < -0.39 is 12.5 Å². The molecule has 7 nitrogen and oxygen atoms in total. The van der Waals surface area contributed by atoms with Gasteiger partial charge in [-0.15, -0.1) is 0 Å². The second kappa shape index (κ2) is 10.9. The average molecular weight is 419 g/mol. The molecule has 0 atom stereocenters. The molecule has 0 aromatic heterocycles. The van der Waals surface area contributed by atoms with Crippen LogP contribution in [0.3, 0.4) is 0 Å². The Morgan fingerprint density at radius 2 is 1.90 bits per heavy atom. The monoisotopic (exact) mass is 419 g/mol. The smallest absolute Gasteiger partial charge is 0.387 e. The van der Waals surface area contributed by atoms with Crippen molar-refractivity contribution in [3.8, 4) is 5.75 Å². The molecule has 0 spiro atoms. The molecular formula is C21H23F2N3O4.